The molecule has 1 saturated heterocycles. The second-order valence-electron chi connectivity index (χ2n) is 6.14. The van der Waals surface area contributed by atoms with Gasteiger partial charge in [0.05, 0.1) is 11.0 Å². The van der Waals surface area contributed by atoms with Crippen LogP contribution in [-0.4, -0.2) is 37.0 Å². The van der Waals surface area contributed by atoms with Crippen molar-refractivity contribution in [1.82, 2.24) is 4.31 Å². The Morgan fingerprint density at radius 2 is 2.00 bits per heavy atom. The molecule has 1 aromatic heterocycles. The van der Waals surface area contributed by atoms with Gasteiger partial charge >= 0.3 is 0 Å². The second-order valence-corrected chi connectivity index (χ2v) is 9.03. The number of thiophene rings is 1. The Morgan fingerprint density at radius 1 is 1.29 bits per heavy atom. The number of piperidine rings is 1. The topological polar surface area (TPSA) is 57.6 Å². The van der Waals surface area contributed by atoms with Crippen LogP contribution in [0.3, 0.4) is 0 Å². The lowest BCUT2D eigenvalue weighted by Crippen LogP contribution is -2.46. The Balaban J connectivity index is 1.84. The first-order chi connectivity index (χ1) is 11.4. The standard InChI is InChI=1S/C18H21NO3S2/c1-13-5-7-15(8-6-13)24(21,22)19-10-9-17(20)16(12-19)14(2)18-4-3-11-23-18/h3-8,11,16-17,20H,2,9-10,12H2,1H3/t16-,17-/m0/s1. The number of sulfonamides is 1. The van der Waals surface area contributed by atoms with Crippen molar-refractivity contribution in [3.05, 3.63) is 58.8 Å². The van der Waals surface area contributed by atoms with Crippen LogP contribution in [0.2, 0.25) is 0 Å². The number of benzene rings is 1. The Bertz CT molecular complexity index is 810. The molecule has 3 rings (SSSR count). The molecule has 2 heterocycles. The highest BCUT2D eigenvalue weighted by molar-refractivity contribution is 7.89. The normalized spacial score (nSPS) is 22.4. The average molecular weight is 364 g/mol. The molecule has 0 unspecified atom stereocenters. The van der Waals surface area contributed by atoms with Gasteiger partial charge in [0.2, 0.25) is 10.0 Å². The molecule has 0 bridgehead atoms. The first kappa shape index (κ1) is 17.4. The molecule has 1 fully saturated rings. The molecular formula is C18H21NO3S2. The van der Waals surface area contributed by atoms with Crippen LogP contribution in [0.15, 0.2) is 53.3 Å². The van der Waals surface area contributed by atoms with Crippen molar-refractivity contribution in [3.63, 3.8) is 0 Å². The van der Waals surface area contributed by atoms with E-state index in [0.717, 1.165) is 16.0 Å². The summed E-state index contributed by atoms with van der Waals surface area (Å²) in [4.78, 5) is 1.29. The van der Waals surface area contributed by atoms with E-state index in [-0.39, 0.29) is 12.5 Å². The first-order valence-electron chi connectivity index (χ1n) is 7.87. The quantitative estimate of drug-likeness (QED) is 0.908. The fourth-order valence-corrected chi connectivity index (χ4v) is 5.22. The minimum Gasteiger partial charge on any atom is -0.392 e. The van der Waals surface area contributed by atoms with E-state index in [1.54, 1.807) is 35.6 Å². The zero-order chi connectivity index (χ0) is 17.3. The Hall–Kier alpha value is -1.47. The fraction of sp³-hybridized carbons (Fsp3) is 0.333. The fourth-order valence-electron chi connectivity index (χ4n) is 2.97. The summed E-state index contributed by atoms with van der Waals surface area (Å²) in [6.07, 6.45) is -0.149. The predicted octanol–water partition coefficient (Wildman–Crippen LogP) is 3.14. The van der Waals surface area contributed by atoms with Crippen LogP contribution < -0.4 is 0 Å². The van der Waals surface area contributed by atoms with Crippen molar-refractivity contribution in [1.29, 1.82) is 0 Å². The molecule has 128 valence electrons. The van der Waals surface area contributed by atoms with E-state index < -0.39 is 16.1 Å². The van der Waals surface area contributed by atoms with Gasteiger partial charge in [-0.3, -0.25) is 0 Å². The first-order valence-corrected chi connectivity index (χ1v) is 10.2. The summed E-state index contributed by atoms with van der Waals surface area (Å²) in [5, 5.41) is 12.3. The summed E-state index contributed by atoms with van der Waals surface area (Å²) in [5.74, 6) is -0.280. The Labute approximate surface area is 147 Å². The molecule has 0 spiro atoms. The number of hydrogen-bond donors (Lipinski definition) is 1. The van der Waals surface area contributed by atoms with Crippen molar-refractivity contribution in [2.45, 2.75) is 24.3 Å². The monoisotopic (exact) mass is 363 g/mol. The van der Waals surface area contributed by atoms with Crippen molar-refractivity contribution in [3.8, 4) is 0 Å². The SMILES string of the molecule is C=C(c1cccs1)[C@@H]1CN(S(=O)(=O)c2ccc(C)cc2)CC[C@@H]1O. The molecule has 2 aromatic rings. The van der Waals surface area contributed by atoms with E-state index in [0.29, 0.717) is 17.9 Å². The van der Waals surface area contributed by atoms with Crippen LogP contribution in [0.5, 0.6) is 0 Å². The third-order valence-corrected chi connectivity index (χ3v) is 7.31. The van der Waals surface area contributed by atoms with Gasteiger partial charge in [0.1, 0.15) is 0 Å². The summed E-state index contributed by atoms with van der Waals surface area (Å²) >= 11 is 1.55. The molecule has 6 heteroatoms. The highest BCUT2D eigenvalue weighted by Gasteiger charge is 2.36. The molecule has 1 aliphatic heterocycles. The van der Waals surface area contributed by atoms with E-state index in [1.165, 1.54) is 4.31 Å². The van der Waals surface area contributed by atoms with Gasteiger partial charge in [-0.2, -0.15) is 4.31 Å². The van der Waals surface area contributed by atoms with Crippen LogP contribution in [-0.2, 0) is 10.0 Å². The lowest BCUT2D eigenvalue weighted by atomic mass is 9.89. The van der Waals surface area contributed by atoms with Gasteiger partial charge in [-0.05, 0) is 42.5 Å². The molecule has 0 aliphatic carbocycles. The molecule has 0 amide bonds. The van der Waals surface area contributed by atoms with E-state index in [4.69, 9.17) is 0 Å². The number of aryl methyl sites for hydroxylation is 1. The molecule has 1 N–H and O–H groups in total. The number of aliphatic hydroxyl groups is 1. The van der Waals surface area contributed by atoms with Gasteiger partial charge in [0.15, 0.2) is 0 Å². The van der Waals surface area contributed by atoms with Gasteiger partial charge in [-0.15, -0.1) is 11.3 Å². The summed E-state index contributed by atoms with van der Waals surface area (Å²) in [6, 6.07) is 10.8. The molecule has 0 radical (unpaired) electrons. The van der Waals surface area contributed by atoms with Crippen LogP contribution >= 0.6 is 11.3 Å². The maximum atomic E-state index is 12.9. The van der Waals surface area contributed by atoms with Gasteiger partial charge in [-0.25, -0.2) is 8.42 Å². The molecule has 2 atom stereocenters. The van der Waals surface area contributed by atoms with Gasteiger partial charge < -0.3 is 5.11 Å². The van der Waals surface area contributed by atoms with Crippen LogP contribution in [0, 0.1) is 12.8 Å². The third-order valence-electron chi connectivity index (χ3n) is 4.48. The largest absolute Gasteiger partial charge is 0.392 e. The maximum absolute atomic E-state index is 12.9. The number of aliphatic hydroxyl groups excluding tert-OH is 1. The molecule has 24 heavy (non-hydrogen) atoms. The number of hydrogen-bond acceptors (Lipinski definition) is 4. The van der Waals surface area contributed by atoms with Crippen LogP contribution in [0.25, 0.3) is 5.57 Å². The summed E-state index contributed by atoms with van der Waals surface area (Å²) in [6.45, 7) is 6.61. The molecule has 1 aromatic carbocycles. The van der Waals surface area contributed by atoms with Crippen molar-refractivity contribution in [2.24, 2.45) is 5.92 Å². The lowest BCUT2D eigenvalue weighted by Gasteiger charge is -2.36. The molecular weight excluding hydrogens is 342 g/mol. The molecule has 4 nitrogen and oxygen atoms in total. The molecule has 0 saturated carbocycles. The van der Waals surface area contributed by atoms with Crippen molar-refractivity contribution in [2.75, 3.05) is 13.1 Å². The smallest absolute Gasteiger partial charge is 0.243 e. The highest BCUT2D eigenvalue weighted by Crippen LogP contribution is 2.34. The Morgan fingerprint density at radius 3 is 2.62 bits per heavy atom. The minimum atomic E-state index is -3.55. The summed E-state index contributed by atoms with van der Waals surface area (Å²) in [7, 11) is -3.55. The number of rotatable bonds is 4. The van der Waals surface area contributed by atoms with Gasteiger partial charge in [0.25, 0.3) is 0 Å². The summed E-state index contributed by atoms with van der Waals surface area (Å²) < 4.78 is 27.2. The highest BCUT2D eigenvalue weighted by atomic mass is 32.2. The molecule has 1 aliphatic rings. The second kappa shape index (κ2) is 6.80. The summed E-state index contributed by atoms with van der Waals surface area (Å²) in [5.41, 5.74) is 1.83. The van der Waals surface area contributed by atoms with E-state index in [2.05, 4.69) is 6.58 Å². The van der Waals surface area contributed by atoms with Crippen molar-refractivity contribution < 1.29 is 13.5 Å². The third kappa shape index (κ3) is 3.32. The van der Waals surface area contributed by atoms with E-state index >= 15 is 0 Å². The lowest BCUT2D eigenvalue weighted by molar-refractivity contribution is 0.0804. The van der Waals surface area contributed by atoms with E-state index in [9.17, 15) is 13.5 Å². The van der Waals surface area contributed by atoms with Crippen LogP contribution in [0.4, 0.5) is 0 Å². The maximum Gasteiger partial charge on any atom is 0.243 e. The Kier molecular flexibility index (Phi) is 4.92. The number of nitrogens with zero attached hydrogens (tertiary/aromatic N) is 1. The van der Waals surface area contributed by atoms with Gasteiger partial charge in [0, 0.05) is 23.9 Å². The predicted molar refractivity (Wildman–Crippen MR) is 97.4 cm³/mol. The van der Waals surface area contributed by atoms with Crippen LogP contribution in [0.1, 0.15) is 16.9 Å². The zero-order valence-corrected chi connectivity index (χ0v) is 15.2. The van der Waals surface area contributed by atoms with E-state index in [1.807, 2.05) is 24.4 Å². The minimum absolute atomic E-state index is 0.258. The average Bonchev–Trinajstić information content (AvgIpc) is 3.09. The van der Waals surface area contributed by atoms with Gasteiger partial charge in [-0.1, -0.05) is 30.3 Å². The zero-order valence-electron chi connectivity index (χ0n) is 13.6. The van der Waals surface area contributed by atoms with Crippen molar-refractivity contribution >= 4 is 26.9 Å².